The van der Waals surface area contributed by atoms with E-state index in [0.717, 1.165) is 45.4 Å². The molecule has 0 aromatic carbocycles. The minimum atomic E-state index is -0.172. The summed E-state index contributed by atoms with van der Waals surface area (Å²) in [6, 6.07) is 0.0317. The number of carbonyl (C=O) groups is 1. The molecule has 0 radical (unpaired) electrons. The van der Waals surface area contributed by atoms with Crippen LogP contribution in [0.5, 0.6) is 0 Å². The van der Waals surface area contributed by atoms with Gasteiger partial charge in [-0.2, -0.15) is 5.26 Å². The van der Waals surface area contributed by atoms with E-state index in [9.17, 15) is 4.79 Å². The zero-order valence-corrected chi connectivity index (χ0v) is 13.4. The average Bonchev–Trinajstić information content (AvgIpc) is 2.50. The van der Waals surface area contributed by atoms with Crippen LogP contribution in [0.1, 0.15) is 19.3 Å². The predicted octanol–water partition coefficient (Wildman–Crippen LogP) is 1.06. The topological polar surface area (TPSA) is 50.6 Å². The van der Waals surface area contributed by atoms with Crippen LogP contribution in [-0.2, 0) is 4.79 Å². The molecular weight excluding hydrogens is 311 g/mol. The van der Waals surface area contributed by atoms with E-state index in [-0.39, 0.29) is 28.7 Å². The normalized spacial score (nSPS) is 38.0. The number of nitriles is 1. The number of piperazine rings is 2. The largest absolute Gasteiger partial charge is 0.337 e. The second kappa shape index (κ2) is 6.20. The van der Waals surface area contributed by atoms with Gasteiger partial charge in [0.1, 0.15) is 6.04 Å². The Morgan fingerprint density at radius 2 is 1.86 bits per heavy atom. The van der Waals surface area contributed by atoms with Gasteiger partial charge in [-0.3, -0.25) is 9.69 Å². The van der Waals surface area contributed by atoms with Gasteiger partial charge in [0.25, 0.3) is 0 Å². The lowest BCUT2D eigenvalue weighted by Crippen LogP contribution is -2.66. The van der Waals surface area contributed by atoms with Crippen LogP contribution in [0, 0.1) is 11.5 Å². The fraction of sp³-hybridized carbons (Fsp3) is 0.857. The Bertz CT molecular complexity index is 455. The number of hydrogen-bond acceptors (Lipinski definition) is 4. The van der Waals surface area contributed by atoms with Gasteiger partial charge >= 0.3 is 0 Å². The average molecular weight is 331 g/mol. The molecule has 0 aromatic heterocycles. The second-order valence-electron chi connectivity index (χ2n) is 6.13. The summed E-state index contributed by atoms with van der Waals surface area (Å²) >= 11 is 12.5. The fourth-order valence-electron chi connectivity index (χ4n) is 3.65. The van der Waals surface area contributed by atoms with Gasteiger partial charge in [0.15, 0.2) is 6.19 Å². The van der Waals surface area contributed by atoms with E-state index in [2.05, 4.69) is 11.1 Å². The third-order valence-corrected chi connectivity index (χ3v) is 6.07. The summed E-state index contributed by atoms with van der Waals surface area (Å²) in [6.45, 7) is 3.69. The van der Waals surface area contributed by atoms with Crippen LogP contribution in [-0.4, -0.2) is 76.2 Å². The number of fused-ring (bicyclic) bond motifs is 1. The van der Waals surface area contributed by atoms with Crippen LogP contribution in [0.3, 0.4) is 0 Å². The maximum absolute atomic E-state index is 12.8. The Morgan fingerprint density at radius 1 is 1.10 bits per heavy atom. The predicted molar refractivity (Wildman–Crippen MR) is 81.2 cm³/mol. The monoisotopic (exact) mass is 330 g/mol. The van der Waals surface area contributed by atoms with Gasteiger partial charge in [-0.25, -0.2) is 0 Å². The highest BCUT2D eigenvalue weighted by atomic mass is 35.5. The Kier molecular flexibility index (Phi) is 4.49. The molecule has 1 saturated carbocycles. The molecular formula is C14H20Cl2N4O. The zero-order valence-electron chi connectivity index (χ0n) is 11.9. The first-order valence-corrected chi connectivity index (χ1v) is 8.45. The van der Waals surface area contributed by atoms with Crippen LogP contribution >= 0.6 is 23.2 Å². The Hall–Kier alpha value is -0.700. The summed E-state index contributed by atoms with van der Waals surface area (Å²) in [7, 11) is 0. The van der Waals surface area contributed by atoms with Crippen molar-refractivity contribution in [2.24, 2.45) is 0 Å². The van der Waals surface area contributed by atoms with Gasteiger partial charge in [-0.05, 0) is 19.3 Å². The number of nitrogens with zero attached hydrogens (tertiary/aromatic N) is 4. The van der Waals surface area contributed by atoms with Crippen LogP contribution in [0.25, 0.3) is 0 Å². The minimum absolute atomic E-state index is 0.0167. The summed E-state index contributed by atoms with van der Waals surface area (Å²) in [6.07, 6.45) is 4.73. The van der Waals surface area contributed by atoms with E-state index in [0.29, 0.717) is 6.54 Å². The van der Waals surface area contributed by atoms with E-state index in [4.69, 9.17) is 28.5 Å². The summed E-state index contributed by atoms with van der Waals surface area (Å²) in [4.78, 5) is 18.7. The highest BCUT2D eigenvalue weighted by Gasteiger charge is 2.42. The van der Waals surface area contributed by atoms with E-state index >= 15 is 0 Å². The van der Waals surface area contributed by atoms with Crippen molar-refractivity contribution in [2.45, 2.75) is 42.1 Å². The van der Waals surface area contributed by atoms with Crippen molar-refractivity contribution in [1.82, 2.24) is 14.7 Å². The first kappa shape index (κ1) is 15.2. The molecule has 4 atom stereocenters. The van der Waals surface area contributed by atoms with Crippen LogP contribution in [0.2, 0.25) is 0 Å². The van der Waals surface area contributed by atoms with E-state index < -0.39 is 0 Å². The second-order valence-corrected chi connectivity index (χ2v) is 7.25. The van der Waals surface area contributed by atoms with E-state index in [1.807, 2.05) is 4.90 Å². The standard InChI is InChI=1S/C14H20Cl2N4O/c15-11-2-1-10(7-12(11)16)20-6-5-19-4-3-18(9-17)8-13(19)14(20)21/h10-13H,1-8H2/t10?,11?,12?,13-/m1/s1. The van der Waals surface area contributed by atoms with Gasteiger partial charge in [0.2, 0.25) is 5.91 Å². The van der Waals surface area contributed by atoms with Gasteiger partial charge in [0, 0.05) is 32.2 Å². The third-order valence-electron chi connectivity index (χ3n) is 4.94. The number of halogens is 2. The van der Waals surface area contributed by atoms with E-state index in [1.165, 1.54) is 0 Å². The van der Waals surface area contributed by atoms with Crippen molar-refractivity contribution in [3.63, 3.8) is 0 Å². The summed E-state index contributed by atoms with van der Waals surface area (Å²) in [5, 5.41) is 9.01. The summed E-state index contributed by atoms with van der Waals surface area (Å²) in [5.41, 5.74) is 0. The molecule has 2 aliphatic heterocycles. The quantitative estimate of drug-likeness (QED) is 0.533. The first-order valence-electron chi connectivity index (χ1n) is 7.57. The first-order chi connectivity index (χ1) is 10.1. The molecule has 0 N–H and O–H groups in total. The Labute approximate surface area is 135 Å². The van der Waals surface area contributed by atoms with Gasteiger partial charge in [-0.15, -0.1) is 23.2 Å². The van der Waals surface area contributed by atoms with Crippen LogP contribution in [0.4, 0.5) is 0 Å². The molecule has 3 rings (SSSR count). The molecule has 3 unspecified atom stereocenters. The van der Waals surface area contributed by atoms with Gasteiger partial charge in [-0.1, -0.05) is 0 Å². The summed E-state index contributed by atoms with van der Waals surface area (Å²) in [5.74, 6) is 0.156. The lowest BCUT2D eigenvalue weighted by Gasteiger charge is -2.48. The fourth-order valence-corrected chi connectivity index (χ4v) is 4.22. The molecule has 3 fully saturated rings. The van der Waals surface area contributed by atoms with Gasteiger partial charge in [0.05, 0.1) is 17.3 Å². The van der Waals surface area contributed by atoms with Crippen molar-refractivity contribution in [1.29, 1.82) is 5.26 Å². The number of carbonyl (C=O) groups excluding carboxylic acids is 1. The number of rotatable bonds is 1. The van der Waals surface area contributed by atoms with Gasteiger partial charge < -0.3 is 9.80 Å². The van der Waals surface area contributed by atoms with Crippen molar-refractivity contribution in [3.05, 3.63) is 0 Å². The molecule has 1 aliphatic carbocycles. The highest BCUT2D eigenvalue weighted by Crippen LogP contribution is 2.32. The molecule has 0 aromatic rings. The molecule has 0 spiro atoms. The molecule has 0 bridgehead atoms. The minimum Gasteiger partial charge on any atom is -0.337 e. The molecule has 1 amide bonds. The molecule has 116 valence electrons. The number of hydrogen-bond donors (Lipinski definition) is 0. The SMILES string of the molecule is N#CN1CCN2CCN(C3CCC(Cl)C(Cl)C3)C(=O)[C@H]2C1. The number of alkyl halides is 2. The maximum atomic E-state index is 12.8. The molecule has 7 heteroatoms. The van der Waals surface area contributed by atoms with Crippen molar-refractivity contribution >= 4 is 29.1 Å². The van der Waals surface area contributed by atoms with Crippen molar-refractivity contribution < 1.29 is 4.79 Å². The Balaban J connectivity index is 1.68. The lowest BCUT2D eigenvalue weighted by atomic mass is 9.91. The van der Waals surface area contributed by atoms with Crippen molar-refractivity contribution in [3.8, 4) is 6.19 Å². The Morgan fingerprint density at radius 3 is 2.57 bits per heavy atom. The maximum Gasteiger partial charge on any atom is 0.242 e. The lowest BCUT2D eigenvalue weighted by molar-refractivity contribution is -0.147. The van der Waals surface area contributed by atoms with Crippen LogP contribution in [0.15, 0.2) is 0 Å². The summed E-state index contributed by atoms with van der Waals surface area (Å²) < 4.78 is 0. The molecule has 2 heterocycles. The number of amides is 1. The third kappa shape index (κ3) is 2.94. The van der Waals surface area contributed by atoms with Crippen molar-refractivity contribution in [2.75, 3.05) is 32.7 Å². The molecule has 2 saturated heterocycles. The van der Waals surface area contributed by atoms with E-state index in [1.54, 1.807) is 4.90 Å². The molecule has 3 aliphatic rings. The smallest absolute Gasteiger partial charge is 0.242 e. The molecule has 21 heavy (non-hydrogen) atoms. The molecule has 5 nitrogen and oxygen atoms in total. The van der Waals surface area contributed by atoms with Crippen LogP contribution < -0.4 is 0 Å². The highest BCUT2D eigenvalue weighted by molar-refractivity contribution is 6.30. The zero-order chi connectivity index (χ0) is 15.0.